The fourth-order valence-corrected chi connectivity index (χ4v) is 1.84. The van der Waals surface area contributed by atoms with Gasteiger partial charge in [-0.25, -0.2) is 4.39 Å². The van der Waals surface area contributed by atoms with E-state index in [9.17, 15) is 14.0 Å². The van der Waals surface area contributed by atoms with Crippen LogP contribution in [0.15, 0.2) is 47.2 Å². The van der Waals surface area contributed by atoms with Gasteiger partial charge in [0.2, 0.25) is 0 Å². The average Bonchev–Trinajstić information content (AvgIpc) is 2.52. The van der Waals surface area contributed by atoms with Crippen LogP contribution in [0.5, 0.6) is 5.75 Å². The highest BCUT2D eigenvalue weighted by atomic mass is 79.9. The van der Waals surface area contributed by atoms with Crippen molar-refractivity contribution in [1.82, 2.24) is 15.8 Å². The third-order valence-corrected chi connectivity index (χ3v) is 2.91. The minimum atomic E-state index is -0.625. The minimum absolute atomic E-state index is 0.0415. The number of aromatic nitrogens is 1. The van der Waals surface area contributed by atoms with Crippen molar-refractivity contribution in [2.75, 3.05) is 6.61 Å². The van der Waals surface area contributed by atoms with Gasteiger partial charge in [-0.15, -0.1) is 0 Å². The van der Waals surface area contributed by atoms with Gasteiger partial charge in [0.15, 0.2) is 18.2 Å². The second kappa shape index (κ2) is 7.51. The summed E-state index contributed by atoms with van der Waals surface area (Å²) in [6.07, 6.45) is 2.87. The minimum Gasteiger partial charge on any atom is -0.481 e. The Morgan fingerprint density at radius 2 is 2.00 bits per heavy atom. The number of rotatable bonds is 4. The number of hydrogen-bond acceptors (Lipinski definition) is 4. The summed E-state index contributed by atoms with van der Waals surface area (Å²) < 4.78 is 18.9. The highest BCUT2D eigenvalue weighted by molar-refractivity contribution is 9.10. The lowest BCUT2D eigenvalue weighted by Crippen LogP contribution is -2.43. The Kier molecular flexibility index (Phi) is 5.42. The van der Waals surface area contributed by atoms with E-state index < -0.39 is 24.2 Å². The number of ether oxygens (including phenoxy) is 1. The summed E-state index contributed by atoms with van der Waals surface area (Å²) in [6, 6.07) is 7.25. The molecular weight excluding hydrogens is 357 g/mol. The molecule has 0 aliphatic rings. The number of carbonyl (C=O) groups is 2. The maximum Gasteiger partial charge on any atom is 0.276 e. The van der Waals surface area contributed by atoms with E-state index in [4.69, 9.17) is 4.74 Å². The molecule has 0 aliphatic heterocycles. The van der Waals surface area contributed by atoms with E-state index in [1.807, 2.05) is 0 Å². The largest absolute Gasteiger partial charge is 0.481 e. The van der Waals surface area contributed by atoms with Crippen molar-refractivity contribution in [3.63, 3.8) is 0 Å². The van der Waals surface area contributed by atoms with Gasteiger partial charge in [0.05, 0.1) is 5.56 Å². The molecule has 114 valence electrons. The van der Waals surface area contributed by atoms with Gasteiger partial charge in [0, 0.05) is 16.9 Å². The van der Waals surface area contributed by atoms with E-state index in [2.05, 4.69) is 31.8 Å². The molecule has 0 fully saturated rings. The van der Waals surface area contributed by atoms with Gasteiger partial charge in [-0.3, -0.25) is 25.4 Å². The Bertz CT molecular complexity index is 697. The van der Waals surface area contributed by atoms with Crippen LogP contribution in [-0.2, 0) is 4.79 Å². The normalized spacial score (nSPS) is 9.91. The number of benzene rings is 1. The Labute approximate surface area is 133 Å². The van der Waals surface area contributed by atoms with Gasteiger partial charge in [0.25, 0.3) is 11.8 Å². The summed E-state index contributed by atoms with van der Waals surface area (Å²) >= 11 is 3.18. The van der Waals surface area contributed by atoms with Gasteiger partial charge in [-0.1, -0.05) is 12.1 Å². The Morgan fingerprint density at radius 3 is 2.73 bits per heavy atom. The standard InChI is InChI=1S/C14H11BrFN3O3/c15-10-5-9(6-17-7-10)14(21)19-18-13(20)8-22-12-4-2-1-3-11(12)16/h1-7H,8H2,(H,18,20)(H,19,21). The Morgan fingerprint density at radius 1 is 1.23 bits per heavy atom. The van der Waals surface area contributed by atoms with Crippen molar-refractivity contribution in [3.05, 3.63) is 58.6 Å². The van der Waals surface area contributed by atoms with Crippen LogP contribution in [0.2, 0.25) is 0 Å². The third kappa shape index (κ3) is 4.52. The second-order valence-electron chi connectivity index (χ2n) is 4.11. The van der Waals surface area contributed by atoms with Gasteiger partial charge in [-0.2, -0.15) is 0 Å². The van der Waals surface area contributed by atoms with Gasteiger partial charge in [0.1, 0.15) is 0 Å². The molecule has 0 bridgehead atoms. The van der Waals surface area contributed by atoms with Gasteiger partial charge in [-0.05, 0) is 34.1 Å². The van der Waals surface area contributed by atoms with Crippen molar-refractivity contribution in [1.29, 1.82) is 0 Å². The fourth-order valence-electron chi connectivity index (χ4n) is 1.48. The molecule has 0 saturated heterocycles. The number of carbonyl (C=O) groups excluding carboxylic acids is 2. The number of hydrogen-bond donors (Lipinski definition) is 2. The molecule has 0 spiro atoms. The summed E-state index contributed by atoms with van der Waals surface area (Å²) in [7, 11) is 0. The molecule has 22 heavy (non-hydrogen) atoms. The molecule has 2 N–H and O–H groups in total. The lowest BCUT2D eigenvalue weighted by atomic mass is 10.3. The number of nitrogens with zero attached hydrogens (tertiary/aromatic N) is 1. The van der Waals surface area contributed by atoms with Crippen LogP contribution < -0.4 is 15.6 Å². The number of halogens is 2. The molecule has 0 atom stereocenters. The first-order valence-electron chi connectivity index (χ1n) is 6.13. The summed E-state index contributed by atoms with van der Waals surface area (Å²) in [4.78, 5) is 27.1. The number of pyridine rings is 1. The molecule has 1 aromatic carbocycles. The molecule has 0 unspecified atom stereocenters. The van der Waals surface area contributed by atoms with E-state index in [-0.39, 0.29) is 11.3 Å². The molecule has 0 saturated carbocycles. The molecular formula is C14H11BrFN3O3. The molecule has 0 radical (unpaired) electrons. The third-order valence-electron chi connectivity index (χ3n) is 2.48. The van der Waals surface area contributed by atoms with Crippen molar-refractivity contribution in [2.24, 2.45) is 0 Å². The highest BCUT2D eigenvalue weighted by Crippen LogP contribution is 2.14. The lowest BCUT2D eigenvalue weighted by Gasteiger charge is -2.09. The summed E-state index contributed by atoms with van der Waals surface area (Å²) in [5.74, 6) is -1.77. The molecule has 2 aromatic rings. The summed E-state index contributed by atoms with van der Waals surface area (Å²) in [6.45, 7) is -0.433. The second-order valence-corrected chi connectivity index (χ2v) is 5.03. The van der Waals surface area contributed by atoms with E-state index in [0.717, 1.165) is 0 Å². The van der Waals surface area contributed by atoms with Crippen LogP contribution in [0.3, 0.4) is 0 Å². The topological polar surface area (TPSA) is 80.3 Å². The van der Waals surface area contributed by atoms with Crippen LogP contribution in [0.4, 0.5) is 4.39 Å². The maximum atomic E-state index is 13.3. The monoisotopic (exact) mass is 367 g/mol. The van der Waals surface area contributed by atoms with Crippen molar-refractivity contribution in [3.8, 4) is 5.75 Å². The van der Waals surface area contributed by atoms with Gasteiger partial charge >= 0.3 is 0 Å². The van der Waals surface area contributed by atoms with Gasteiger partial charge < -0.3 is 4.74 Å². The van der Waals surface area contributed by atoms with E-state index in [1.165, 1.54) is 30.6 Å². The van der Waals surface area contributed by atoms with Crippen molar-refractivity contribution >= 4 is 27.7 Å². The number of nitrogens with one attached hydrogen (secondary N) is 2. The molecule has 2 amide bonds. The van der Waals surface area contributed by atoms with Crippen LogP contribution >= 0.6 is 15.9 Å². The summed E-state index contributed by atoms with van der Waals surface area (Å²) in [5.41, 5.74) is 4.63. The van der Waals surface area contributed by atoms with Crippen LogP contribution in [0.1, 0.15) is 10.4 Å². The maximum absolute atomic E-state index is 13.3. The first-order valence-corrected chi connectivity index (χ1v) is 6.92. The van der Waals surface area contributed by atoms with E-state index >= 15 is 0 Å². The zero-order valence-electron chi connectivity index (χ0n) is 11.2. The molecule has 6 nitrogen and oxygen atoms in total. The number of amides is 2. The van der Waals surface area contributed by atoms with Crippen LogP contribution in [0.25, 0.3) is 0 Å². The molecule has 2 rings (SSSR count). The van der Waals surface area contributed by atoms with E-state index in [1.54, 1.807) is 12.1 Å². The molecule has 1 aromatic heterocycles. The van der Waals surface area contributed by atoms with Crippen LogP contribution in [-0.4, -0.2) is 23.4 Å². The first kappa shape index (κ1) is 15.9. The van der Waals surface area contributed by atoms with Crippen molar-refractivity contribution < 1.29 is 18.7 Å². The van der Waals surface area contributed by atoms with Crippen LogP contribution in [0, 0.1) is 5.82 Å². The molecule has 0 aliphatic carbocycles. The van der Waals surface area contributed by atoms with Crippen molar-refractivity contribution in [2.45, 2.75) is 0 Å². The lowest BCUT2D eigenvalue weighted by molar-refractivity contribution is -0.123. The SMILES string of the molecule is O=C(COc1ccccc1F)NNC(=O)c1cncc(Br)c1. The van der Waals surface area contributed by atoms with E-state index in [0.29, 0.717) is 4.47 Å². The first-order chi connectivity index (χ1) is 10.6. The fraction of sp³-hybridized carbons (Fsp3) is 0.0714. The Balaban J connectivity index is 1.81. The smallest absolute Gasteiger partial charge is 0.276 e. The highest BCUT2D eigenvalue weighted by Gasteiger charge is 2.09. The zero-order valence-corrected chi connectivity index (χ0v) is 12.8. The predicted molar refractivity (Wildman–Crippen MR) is 79.4 cm³/mol. The quantitative estimate of drug-likeness (QED) is 0.807. The number of para-hydroxylation sites is 1. The average molecular weight is 368 g/mol. The number of hydrazine groups is 1. The predicted octanol–water partition coefficient (Wildman–Crippen LogP) is 1.82. The molecule has 1 heterocycles. The zero-order chi connectivity index (χ0) is 15.9. The summed E-state index contributed by atoms with van der Waals surface area (Å²) in [5, 5.41) is 0. The molecule has 8 heteroatoms. The Hall–Kier alpha value is -2.48.